The highest BCUT2D eigenvalue weighted by molar-refractivity contribution is 6.33. The van der Waals surface area contributed by atoms with Gasteiger partial charge in [-0.15, -0.1) is 0 Å². The van der Waals surface area contributed by atoms with Crippen LogP contribution in [0, 0.1) is 0 Å². The number of anilines is 1. The maximum Gasteiger partial charge on any atom is 0.707 e. The van der Waals surface area contributed by atoms with Crippen molar-refractivity contribution in [2.75, 3.05) is 11.9 Å². The van der Waals surface area contributed by atoms with E-state index in [-0.39, 0.29) is 12.4 Å². The summed E-state index contributed by atoms with van der Waals surface area (Å²) in [6.07, 6.45) is -0.579. The maximum absolute atomic E-state index is 11.1. The van der Waals surface area contributed by atoms with E-state index in [1.54, 1.807) is 19.1 Å². The van der Waals surface area contributed by atoms with Crippen molar-refractivity contribution in [1.29, 1.82) is 0 Å². The van der Waals surface area contributed by atoms with Gasteiger partial charge in [0.05, 0.1) is 6.61 Å². The number of nitrogens with one attached hydrogen (secondary N) is 1. The van der Waals surface area contributed by atoms with Crippen LogP contribution in [0.15, 0.2) is 24.3 Å². The predicted octanol–water partition coefficient (Wildman–Crippen LogP) is 0.603. The lowest BCUT2D eigenvalue weighted by atomic mass is 10.2. The zero-order chi connectivity index (χ0) is 12.0. The quantitative estimate of drug-likeness (QED) is 0.653. The van der Waals surface area contributed by atoms with Crippen LogP contribution in [0.3, 0.4) is 0 Å². The molecule has 0 spiro atoms. The van der Waals surface area contributed by atoms with Crippen molar-refractivity contribution >= 4 is 19.1 Å². The maximum atomic E-state index is 11.1. The summed E-state index contributed by atoms with van der Waals surface area (Å²) in [6, 6.07) is 6.18. The molecule has 3 N–H and O–H groups in total. The minimum absolute atomic E-state index is 0.226. The van der Waals surface area contributed by atoms with Crippen LogP contribution in [0.4, 0.5) is 10.5 Å². The second kappa shape index (κ2) is 5.99. The average Bonchev–Trinajstić information content (AvgIpc) is 2.17. The molecule has 0 fully saturated rings. The van der Waals surface area contributed by atoms with Crippen LogP contribution in [-0.4, -0.2) is 30.1 Å². The van der Waals surface area contributed by atoms with Crippen molar-refractivity contribution < 1.29 is 24.2 Å². The van der Waals surface area contributed by atoms with Gasteiger partial charge in [0.1, 0.15) is 5.75 Å². The third-order valence-corrected chi connectivity index (χ3v) is 1.60. The molecule has 0 unspecified atom stereocenters. The van der Waals surface area contributed by atoms with E-state index < -0.39 is 13.4 Å². The zero-order valence-corrected chi connectivity index (χ0v) is 8.71. The van der Waals surface area contributed by atoms with E-state index in [0.717, 1.165) is 0 Å². The molecule has 0 aliphatic heterocycles. The highest BCUT2D eigenvalue weighted by Crippen LogP contribution is 2.17. The highest BCUT2D eigenvalue weighted by atomic mass is 16.6. The lowest BCUT2D eigenvalue weighted by Crippen LogP contribution is -2.20. The van der Waals surface area contributed by atoms with Gasteiger partial charge >= 0.3 is 13.4 Å². The second-order valence-corrected chi connectivity index (χ2v) is 2.82. The summed E-state index contributed by atoms with van der Waals surface area (Å²) in [4.78, 5) is 11.1. The molecular formula is C9H12BNO5. The summed E-state index contributed by atoms with van der Waals surface area (Å²) < 4.78 is 9.29. The summed E-state index contributed by atoms with van der Waals surface area (Å²) in [5, 5.41) is 19.6. The summed E-state index contributed by atoms with van der Waals surface area (Å²) in [5.41, 5.74) is 0.441. The Bertz CT molecular complexity index is 358. The molecule has 0 aromatic heterocycles. The van der Waals surface area contributed by atoms with Crippen molar-refractivity contribution in [1.82, 2.24) is 0 Å². The lowest BCUT2D eigenvalue weighted by Gasteiger charge is -2.08. The van der Waals surface area contributed by atoms with Gasteiger partial charge in [0.15, 0.2) is 0 Å². The van der Waals surface area contributed by atoms with E-state index in [1.165, 1.54) is 12.1 Å². The van der Waals surface area contributed by atoms with Gasteiger partial charge in [-0.3, -0.25) is 5.32 Å². The average molecular weight is 225 g/mol. The Morgan fingerprint density at radius 3 is 2.88 bits per heavy atom. The lowest BCUT2D eigenvalue weighted by molar-refractivity contribution is 0.168. The van der Waals surface area contributed by atoms with E-state index >= 15 is 0 Å². The minimum atomic E-state index is -1.89. The van der Waals surface area contributed by atoms with Crippen molar-refractivity contribution in [3.63, 3.8) is 0 Å². The monoisotopic (exact) mass is 225 g/mol. The number of hydrogen-bond donors (Lipinski definition) is 3. The predicted molar refractivity (Wildman–Crippen MR) is 57.9 cm³/mol. The molecule has 1 rings (SSSR count). The van der Waals surface area contributed by atoms with E-state index in [1.807, 2.05) is 0 Å². The van der Waals surface area contributed by atoms with Crippen LogP contribution < -0.4 is 9.97 Å². The molecule has 0 heterocycles. The third kappa shape index (κ3) is 4.20. The first-order chi connectivity index (χ1) is 7.61. The molecule has 0 atom stereocenters. The number of carbonyl (C=O) groups is 1. The smallest absolute Gasteiger partial charge is 0.512 e. The van der Waals surface area contributed by atoms with Gasteiger partial charge in [0.25, 0.3) is 0 Å². The Morgan fingerprint density at radius 1 is 1.50 bits per heavy atom. The Hall–Kier alpha value is -1.73. The van der Waals surface area contributed by atoms with Crippen LogP contribution in [0.25, 0.3) is 0 Å². The normalized spacial score (nSPS) is 9.44. The molecule has 1 amide bonds. The fourth-order valence-corrected chi connectivity index (χ4v) is 1.05. The summed E-state index contributed by atoms with van der Waals surface area (Å²) in [5.74, 6) is 0.226. The number of ether oxygens (including phenoxy) is 1. The molecule has 0 aliphatic rings. The molecule has 0 saturated carbocycles. The Kier molecular flexibility index (Phi) is 4.62. The van der Waals surface area contributed by atoms with Crippen molar-refractivity contribution in [3.8, 4) is 5.75 Å². The van der Waals surface area contributed by atoms with Crippen LogP contribution in [-0.2, 0) is 4.74 Å². The fourth-order valence-electron chi connectivity index (χ4n) is 1.05. The summed E-state index contributed by atoms with van der Waals surface area (Å²) >= 11 is 0. The number of benzene rings is 1. The van der Waals surface area contributed by atoms with Gasteiger partial charge < -0.3 is 19.4 Å². The van der Waals surface area contributed by atoms with E-state index in [0.29, 0.717) is 5.69 Å². The van der Waals surface area contributed by atoms with Gasteiger partial charge in [-0.2, -0.15) is 0 Å². The van der Waals surface area contributed by atoms with Gasteiger partial charge in [-0.1, -0.05) is 6.07 Å². The molecule has 0 bridgehead atoms. The first-order valence-electron chi connectivity index (χ1n) is 4.68. The van der Waals surface area contributed by atoms with Gasteiger partial charge in [0, 0.05) is 11.8 Å². The standard InChI is InChI=1S/C9H12BNO5/c1-2-15-9(12)11-7-4-3-5-8(6-7)16-10(13)14/h3-6,13-14H,2H2,1H3,(H,11,12). The van der Waals surface area contributed by atoms with Crippen LogP contribution >= 0.6 is 0 Å². The van der Waals surface area contributed by atoms with Crippen LogP contribution in [0.5, 0.6) is 5.75 Å². The van der Waals surface area contributed by atoms with Crippen molar-refractivity contribution in [2.45, 2.75) is 6.92 Å². The Labute approximate surface area is 93.0 Å². The number of carbonyl (C=O) groups excluding carboxylic acids is 1. The molecule has 0 aliphatic carbocycles. The molecule has 1 aromatic carbocycles. The summed E-state index contributed by atoms with van der Waals surface area (Å²) in [7, 11) is -1.89. The molecular weight excluding hydrogens is 213 g/mol. The minimum Gasteiger partial charge on any atom is -0.512 e. The van der Waals surface area contributed by atoms with Crippen molar-refractivity contribution in [3.05, 3.63) is 24.3 Å². The van der Waals surface area contributed by atoms with E-state index in [9.17, 15) is 4.79 Å². The SMILES string of the molecule is CCOC(=O)Nc1cccc(OB(O)O)c1. The number of hydrogen-bond acceptors (Lipinski definition) is 5. The molecule has 0 saturated heterocycles. The van der Waals surface area contributed by atoms with Crippen molar-refractivity contribution in [2.24, 2.45) is 0 Å². The number of rotatable bonds is 4. The fraction of sp³-hybridized carbons (Fsp3) is 0.222. The van der Waals surface area contributed by atoms with Crippen LogP contribution in [0.1, 0.15) is 6.92 Å². The van der Waals surface area contributed by atoms with Crippen LogP contribution in [0.2, 0.25) is 0 Å². The first kappa shape index (κ1) is 12.3. The molecule has 16 heavy (non-hydrogen) atoms. The zero-order valence-electron chi connectivity index (χ0n) is 8.71. The Balaban J connectivity index is 2.63. The van der Waals surface area contributed by atoms with Gasteiger partial charge in [-0.25, -0.2) is 4.79 Å². The van der Waals surface area contributed by atoms with E-state index in [2.05, 4.69) is 14.7 Å². The second-order valence-electron chi connectivity index (χ2n) is 2.82. The first-order valence-corrected chi connectivity index (χ1v) is 4.68. The molecule has 7 heteroatoms. The largest absolute Gasteiger partial charge is 0.707 e. The van der Waals surface area contributed by atoms with E-state index in [4.69, 9.17) is 10.0 Å². The van der Waals surface area contributed by atoms with Gasteiger partial charge in [0.2, 0.25) is 0 Å². The van der Waals surface area contributed by atoms with Gasteiger partial charge in [-0.05, 0) is 19.1 Å². The highest BCUT2D eigenvalue weighted by Gasteiger charge is 2.11. The molecule has 1 aromatic rings. The molecule has 86 valence electrons. The molecule has 0 radical (unpaired) electrons. The topological polar surface area (TPSA) is 88.0 Å². The summed E-state index contributed by atoms with van der Waals surface area (Å²) in [6.45, 7) is 1.97. The molecule has 6 nitrogen and oxygen atoms in total. The number of amides is 1. The Morgan fingerprint density at radius 2 is 2.25 bits per heavy atom. The third-order valence-electron chi connectivity index (χ3n) is 1.60.